The number of aliphatic imine (C=N–C) groups is 1. The molecule has 0 saturated heterocycles. The minimum Gasteiger partial charge on any atom is -0.382 e. The van der Waals surface area contributed by atoms with Gasteiger partial charge in [-0.2, -0.15) is 5.26 Å². The van der Waals surface area contributed by atoms with E-state index in [2.05, 4.69) is 15.3 Å². The zero-order chi connectivity index (χ0) is 22.8. The molecule has 158 valence electrons. The average molecular weight is 453 g/mol. The average Bonchev–Trinajstić information content (AvgIpc) is 3.14. The second-order valence-corrected chi connectivity index (χ2v) is 7.73. The number of anilines is 1. The van der Waals surface area contributed by atoms with Crippen molar-refractivity contribution in [2.45, 2.75) is 20.3 Å². The number of pyridine rings is 1. The summed E-state index contributed by atoms with van der Waals surface area (Å²) in [5.74, 6) is 0.606. The smallest absolute Gasteiger partial charge is 0.222 e. The number of rotatable bonds is 6. The van der Waals surface area contributed by atoms with Gasteiger partial charge >= 0.3 is 0 Å². The number of nitrogens with two attached hydrogens (primary N) is 1. The second-order valence-electron chi connectivity index (χ2n) is 6.25. The number of amidine groups is 1. The molecule has 1 amide bonds. The highest BCUT2D eigenvalue weighted by Crippen LogP contribution is 2.33. The number of aromatic nitrogens is 1. The summed E-state index contributed by atoms with van der Waals surface area (Å²) in [6.07, 6.45) is 3.23. The number of nitrogens with one attached hydrogen (secondary N) is 2. The van der Waals surface area contributed by atoms with Gasteiger partial charge in [0.05, 0.1) is 10.9 Å². The predicted octanol–water partition coefficient (Wildman–Crippen LogP) is 4.85. The molecule has 0 unspecified atom stereocenters. The molecule has 0 spiro atoms. The molecule has 4 N–H and O–H groups in total. The highest BCUT2D eigenvalue weighted by Gasteiger charge is 2.15. The summed E-state index contributed by atoms with van der Waals surface area (Å²) in [5, 5.41) is 17.9. The molecule has 0 fully saturated rings. The predicted molar refractivity (Wildman–Crippen MR) is 127 cm³/mol. The maximum atomic E-state index is 11.3. The van der Waals surface area contributed by atoms with Crippen molar-refractivity contribution in [3.8, 4) is 16.5 Å². The maximum Gasteiger partial charge on any atom is 0.222 e. The summed E-state index contributed by atoms with van der Waals surface area (Å²) in [5.41, 5.74) is 9.09. The number of hydrogen-bond acceptors (Lipinski definition) is 5. The van der Waals surface area contributed by atoms with Crippen LogP contribution in [0.25, 0.3) is 10.4 Å². The monoisotopic (exact) mass is 452 g/mol. The van der Waals surface area contributed by atoms with Gasteiger partial charge in [0.25, 0.3) is 0 Å². The molecule has 2 aromatic heterocycles. The Morgan fingerprint density at radius 3 is 2.65 bits per heavy atom. The standard InChI is InChI=1S/C20H18ClN5OS.C2H3N/c1-12(27)26-18-10-14(6-7-24-18)17-9-15(19(28-17)20(23)25-11-22)8-13-2-4-16(21)5-3-13;1-2-3/h2-7,9-11H,8H2,1H3,(H3,22,23,25)(H,24,26,27);1H3. The van der Waals surface area contributed by atoms with Crippen LogP contribution >= 0.6 is 22.9 Å². The van der Waals surface area contributed by atoms with Crippen molar-refractivity contribution in [3.63, 3.8) is 0 Å². The number of hydrogen-bond donors (Lipinski definition) is 3. The lowest BCUT2D eigenvalue weighted by Crippen LogP contribution is -2.13. The number of amides is 1. The Bertz CT molecular complexity index is 1130. The molecule has 2 heterocycles. The Balaban J connectivity index is 0.00000107. The molecule has 1 aromatic carbocycles. The van der Waals surface area contributed by atoms with Gasteiger partial charge in [-0.3, -0.25) is 10.2 Å². The van der Waals surface area contributed by atoms with Crippen molar-refractivity contribution >= 4 is 46.8 Å². The lowest BCUT2D eigenvalue weighted by Gasteiger charge is -2.03. The third-order valence-electron chi connectivity index (χ3n) is 3.90. The Labute approximate surface area is 189 Å². The molecule has 0 aliphatic rings. The van der Waals surface area contributed by atoms with Gasteiger partial charge in [-0.15, -0.1) is 11.3 Å². The molecule has 0 aliphatic heterocycles. The minimum absolute atomic E-state index is 0.178. The van der Waals surface area contributed by atoms with Gasteiger partial charge in [0, 0.05) is 29.9 Å². The number of nitriles is 1. The molecule has 31 heavy (non-hydrogen) atoms. The van der Waals surface area contributed by atoms with E-state index in [1.165, 1.54) is 25.2 Å². The molecule has 3 aromatic rings. The van der Waals surface area contributed by atoms with Crippen molar-refractivity contribution in [1.82, 2.24) is 4.98 Å². The van der Waals surface area contributed by atoms with Crippen molar-refractivity contribution < 1.29 is 4.79 Å². The van der Waals surface area contributed by atoms with Gasteiger partial charge in [0.2, 0.25) is 5.91 Å². The summed E-state index contributed by atoms with van der Waals surface area (Å²) < 4.78 is 0. The van der Waals surface area contributed by atoms with E-state index in [1.54, 1.807) is 12.3 Å². The molecular weight excluding hydrogens is 432 g/mol. The number of thiophene rings is 1. The zero-order valence-electron chi connectivity index (χ0n) is 17.0. The van der Waals surface area contributed by atoms with Crippen molar-refractivity contribution in [3.05, 3.63) is 69.7 Å². The molecule has 9 heteroatoms. The van der Waals surface area contributed by atoms with Crippen molar-refractivity contribution in [2.24, 2.45) is 10.7 Å². The molecule has 0 aliphatic carbocycles. The van der Waals surface area contributed by atoms with Crippen LogP contribution in [0.4, 0.5) is 5.82 Å². The molecule has 0 atom stereocenters. The Morgan fingerprint density at radius 1 is 1.35 bits per heavy atom. The summed E-state index contributed by atoms with van der Waals surface area (Å²) in [4.78, 5) is 21.2. The van der Waals surface area contributed by atoms with Crippen molar-refractivity contribution in [1.29, 1.82) is 10.7 Å². The van der Waals surface area contributed by atoms with Crippen LogP contribution in [-0.2, 0) is 11.2 Å². The van der Waals surface area contributed by atoms with Gasteiger partial charge < -0.3 is 11.1 Å². The Morgan fingerprint density at radius 2 is 2.03 bits per heavy atom. The number of nitrogens with zero attached hydrogens (tertiary/aromatic N) is 3. The summed E-state index contributed by atoms with van der Waals surface area (Å²) in [6.45, 7) is 2.87. The first-order valence-corrected chi connectivity index (χ1v) is 10.3. The minimum atomic E-state index is -0.178. The fraction of sp³-hybridized carbons (Fsp3) is 0.136. The van der Waals surface area contributed by atoms with Crippen LogP contribution in [-0.4, -0.2) is 23.1 Å². The van der Waals surface area contributed by atoms with Gasteiger partial charge in [0.15, 0.2) is 0 Å². The fourth-order valence-corrected chi connectivity index (χ4v) is 3.91. The summed E-state index contributed by atoms with van der Waals surface area (Å²) in [7, 11) is 0. The van der Waals surface area contributed by atoms with E-state index in [-0.39, 0.29) is 5.91 Å². The van der Waals surface area contributed by atoms with Crippen LogP contribution in [0.5, 0.6) is 0 Å². The first kappa shape index (κ1) is 23.7. The van der Waals surface area contributed by atoms with Gasteiger partial charge in [0.1, 0.15) is 18.0 Å². The third kappa shape index (κ3) is 7.03. The van der Waals surface area contributed by atoms with Gasteiger partial charge in [-0.05, 0) is 53.4 Å². The molecule has 0 bridgehead atoms. The van der Waals surface area contributed by atoms with Crippen LogP contribution < -0.4 is 11.1 Å². The zero-order valence-corrected chi connectivity index (χ0v) is 18.6. The molecule has 7 nitrogen and oxygen atoms in total. The van der Waals surface area contributed by atoms with E-state index < -0.39 is 0 Å². The van der Waals surface area contributed by atoms with E-state index in [4.69, 9.17) is 28.0 Å². The van der Waals surface area contributed by atoms with Crippen LogP contribution in [0, 0.1) is 16.7 Å². The number of halogens is 1. The van der Waals surface area contributed by atoms with Gasteiger partial charge in [-0.1, -0.05) is 23.7 Å². The van der Waals surface area contributed by atoms with E-state index in [0.29, 0.717) is 23.1 Å². The van der Waals surface area contributed by atoms with E-state index in [0.717, 1.165) is 32.8 Å². The lowest BCUT2D eigenvalue weighted by molar-refractivity contribution is -0.114. The van der Waals surface area contributed by atoms with E-state index >= 15 is 0 Å². The Hall–Kier alpha value is -3.54. The van der Waals surface area contributed by atoms with Crippen LogP contribution in [0.1, 0.15) is 29.9 Å². The van der Waals surface area contributed by atoms with E-state index in [9.17, 15) is 4.79 Å². The summed E-state index contributed by atoms with van der Waals surface area (Å²) in [6, 6.07) is 15.1. The normalized spacial score (nSPS) is 10.5. The molecule has 0 radical (unpaired) electrons. The number of benzene rings is 1. The molecule has 3 rings (SSSR count). The molecule has 0 saturated carbocycles. The van der Waals surface area contributed by atoms with Crippen molar-refractivity contribution in [2.75, 3.05) is 5.32 Å². The maximum absolute atomic E-state index is 11.3. The first-order valence-electron chi connectivity index (χ1n) is 9.12. The first-order chi connectivity index (χ1) is 14.9. The Kier molecular flexibility index (Phi) is 8.88. The highest BCUT2D eigenvalue weighted by molar-refractivity contribution is 7.17. The topological polar surface area (TPSA) is 128 Å². The summed E-state index contributed by atoms with van der Waals surface area (Å²) >= 11 is 7.46. The van der Waals surface area contributed by atoms with Crippen LogP contribution in [0.3, 0.4) is 0 Å². The molecular formula is C22H21ClN6OS. The number of carbonyl (C=O) groups excluding carboxylic acids is 1. The van der Waals surface area contributed by atoms with Crippen LogP contribution in [0.2, 0.25) is 5.02 Å². The highest BCUT2D eigenvalue weighted by atomic mass is 35.5. The lowest BCUT2D eigenvalue weighted by atomic mass is 10.0. The fourth-order valence-electron chi connectivity index (χ4n) is 2.70. The van der Waals surface area contributed by atoms with Crippen LogP contribution in [0.15, 0.2) is 53.7 Å². The SMILES string of the molecule is CC#N.CC(=O)Nc1cc(-c2cc(Cc3ccc(Cl)cc3)c(C(N)=NC=N)s2)ccn1. The van der Waals surface area contributed by atoms with Gasteiger partial charge in [-0.25, -0.2) is 9.98 Å². The number of carbonyl (C=O) groups is 1. The van der Waals surface area contributed by atoms with E-state index in [1.807, 2.05) is 42.5 Å². The third-order valence-corrected chi connectivity index (χ3v) is 5.40. The quantitative estimate of drug-likeness (QED) is 0.364. The largest absolute Gasteiger partial charge is 0.382 e. The second kappa shape index (κ2) is 11.6.